The molecule has 0 aliphatic rings. The number of halogens is 5. The topological polar surface area (TPSA) is 122 Å². The number of hydrogen-bond donors (Lipinski definition) is 2. The van der Waals surface area contributed by atoms with Crippen LogP contribution in [-0.2, 0) is 9.47 Å². The number of carbonyl (C=O) groups is 2. The highest BCUT2D eigenvalue weighted by atomic mass is 127. The highest BCUT2D eigenvalue weighted by Crippen LogP contribution is 2.35. The van der Waals surface area contributed by atoms with Crippen LogP contribution in [0.4, 0.5) is 28.9 Å². The van der Waals surface area contributed by atoms with Gasteiger partial charge in [0.25, 0.3) is 12.9 Å². The first-order valence-corrected chi connectivity index (χ1v) is 11.7. The number of nitrogens with two attached hydrogens (primary N) is 2. The van der Waals surface area contributed by atoms with Gasteiger partial charge < -0.3 is 20.9 Å². The summed E-state index contributed by atoms with van der Waals surface area (Å²) in [5, 5.41) is 4.13. The first-order valence-electron chi connectivity index (χ1n) is 10.6. The van der Waals surface area contributed by atoms with Crippen molar-refractivity contribution in [3.8, 4) is 11.3 Å². The van der Waals surface area contributed by atoms with Crippen LogP contribution in [0.2, 0.25) is 0 Å². The average Bonchev–Trinajstić information content (AvgIpc) is 3.34. The Kier molecular flexibility index (Phi) is 10.3. The predicted octanol–water partition coefficient (Wildman–Crippen LogP) is 6.04. The minimum atomic E-state index is -2.72. The maximum absolute atomic E-state index is 13.3. The molecule has 0 saturated carbocycles. The van der Waals surface area contributed by atoms with Crippen LogP contribution in [0.1, 0.15) is 64.6 Å². The van der Waals surface area contributed by atoms with Crippen molar-refractivity contribution in [2.24, 2.45) is 0 Å². The maximum Gasteiger partial charge on any atom is 0.339 e. The second-order valence-electron chi connectivity index (χ2n) is 7.83. The van der Waals surface area contributed by atoms with Gasteiger partial charge >= 0.3 is 11.9 Å². The van der Waals surface area contributed by atoms with Crippen molar-refractivity contribution in [3.05, 3.63) is 62.4 Å². The third-order valence-corrected chi connectivity index (χ3v) is 6.04. The Morgan fingerprint density at radius 3 is 1.84 bits per heavy atom. The lowest BCUT2D eigenvalue weighted by Crippen LogP contribution is -2.10. The Labute approximate surface area is 224 Å². The third kappa shape index (κ3) is 6.90. The Morgan fingerprint density at radius 2 is 1.38 bits per heavy atom. The minimum Gasteiger partial charge on any atom is -0.465 e. The highest BCUT2D eigenvalue weighted by Gasteiger charge is 2.23. The van der Waals surface area contributed by atoms with Gasteiger partial charge in [-0.3, -0.25) is 4.68 Å². The zero-order valence-electron chi connectivity index (χ0n) is 20.3. The molecule has 3 rings (SSSR count). The van der Waals surface area contributed by atoms with Gasteiger partial charge in [-0.25, -0.2) is 27.2 Å². The molecule has 0 saturated heterocycles. The monoisotopic (exact) mass is 636 g/mol. The van der Waals surface area contributed by atoms with Gasteiger partial charge in [0, 0.05) is 43.9 Å². The molecule has 0 aliphatic carbocycles. The molecule has 0 fully saturated rings. The SMILES string of the molecule is COC(=O)c1cc(-c2ccnn2C(C)C)c(C(F)F)cc1N.COC(=O)c1cc(I)c(C(F)F)cc1N. The first kappa shape index (κ1) is 29.9. The summed E-state index contributed by atoms with van der Waals surface area (Å²) < 4.78 is 62.6. The Bertz CT molecular complexity index is 1280. The number of methoxy groups -OCH3 is 2. The van der Waals surface area contributed by atoms with Crippen LogP contribution in [0.5, 0.6) is 0 Å². The molecule has 8 nitrogen and oxygen atoms in total. The smallest absolute Gasteiger partial charge is 0.339 e. The number of benzene rings is 2. The van der Waals surface area contributed by atoms with Gasteiger partial charge in [0.05, 0.1) is 31.0 Å². The largest absolute Gasteiger partial charge is 0.465 e. The first-order chi connectivity index (χ1) is 17.3. The molecular formula is C24H25F4IN4O4. The number of esters is 2. The van der Waals surface area contributed by atoms with E-state index in [0.717, 1.165) is 12.1 Å². The molecule has 200 valence electrons. The molecule has 13 heteroatoms. The van der Waals surface area contributed by atoms with E-state index in [1.807, 2.05) is 13.8 Å². The van der Waals surface area contributed by atoms with Gasteiger partial charge in [0.1, 0.15) is 0 Å². The third-order valence-electron chi connectivity index (χ3n) is 5.11. The van der Waals surface area contributed by atoms with E-state index in [0.29, 0.717) is 5.69 Å². The fraction of sp³-hybridized carbons (Fsp3) is 0.292. The lowest BCUT2D eigenvalue weighted by Gasteiger charge is -2.16. The number of nitrogen functional groups attached to an aromatic ring is 2. The summed E-state index contributed by atoms with van der Waals surface area (Å²) in [6.45, 7) is 3.77. The molecule has 1 aromatic heterocycles. The summed E-state index contributed by atoms with van der Waals surface area (Å²) in [5.41, 5.74) is 11.6. The van der Waals surface area contributed by atoms with E-state index in [2.05, 4.69) is 14.6 Å². The number of aromatic nitrogens is 2. The van der Waals surface area contributed by atoms with Crippen molar-refractivity contribution < 1.29 is 36.6 Å². The number of rotatable bonds is 6. The van der Waals surface area contributed by atoms with Crippen molar-refractivity contribution in [1.29, 1.82) is 0 Å². The molecular weight excluding hydrogens is 611 g/mol. The van der Waals surface area contributed by atoms with Gasteiger partial charge in [-0.15, -0.1) is 0 Å². The van der Waals surface area contributed by atoms with Crippen LogP contribution >= 0.6 is 22.6 Å². The molecule has 2 aromatic carbocycles. The van der Waals surface area contributed by atoms with Crippen LogP contribution in [0.15, 0.2) is 36.5 Å². The summed E-state index contributed by atoms with van der Waals surface area (Å²) in [6.07, 6.45) is -3.80. The lowest BCUT2D eigenvalue weighted by atomic mass is 9.99. The van der Waals surface area contributed by atoms with Crippen molar-refractivity contribution in [2.75, 3.05) is 25.7 Å². The predicted molar refractivity (Wildman–Crippen MR) is 139 cm³/mol. The van der Waals surface area contributed by atoms with Crippen LogP contribution in [0.3, 0.4) is 0 Å². The second-order valence-corrected chi connectivity index (χ2v) is 8.99. The minimum absolute atomic E-state index is 0.00225. The Hall–Kier alpha value is -3.36. The Balaban J connectivity index is 0.000000281. The summed E-state index contributed by atoms with van der Waals surface area (Å²) in [7, 11) is 2.41. The van der Waals surface area contributed by atoms with Crippen molar-refractivity contribution in [1.82, 2.24) is 9.78 Å². The zero-order chi connectivity index (χ0) is 28.0. The maximum atomic E-state index is 13.3. The molecule has 0 unspecified atom stereocenters. The fourth-order valence-electron chi connectivity index (χ4n) is 3.32. The van der Waals surface area contributed by atoms with Gasteiger partial charge in [-0.2, -0.15) is 5.10 Å². The number of hydrogen-bond acceptors (Lipinski definition) is 7. The van der Waals surface area contributed by atoms with Crippen LogP contribution < -0.4 is 11.5 Å². The normalized spacial score (nSPS) is 10.9. The molecule has 0 spiro atoms. The van der Waals surface area contributed by atoms with Crippen LogP contribution in [0.25, 0.3) is 11.3 Å². The highest BCUT2D eigenvalue weighted by molar-refractivity contribution is 14.1. The standard InChI is InChI=1S/C15H17F2N3O2.C9H8F2INO2/c1-8(2)20-13(4-5-19-20)9-6-11(15(21)22-3)12(18)7-10(9)14(16)17;1-15-9(14)5-2-6(12)4(8(10)11)3-7(5)13/h4-8,14H,18H2,1-3H3;2-3,8H,13H2,1H3. The molecule has 0 atom stereocenters. The lowest BCUT2D eigenvalue weighted by molar-refractivity contribution is 0.0592. The van der Waals surface area contributed by atoms with Gasteiger partial charge in [-0.05, 0) is 66.8 Å². The molecule has 0 aliphatic heterocycles. The van der Waals surface area contributed by atoms with Crippen molar-refractivity contribution in [3.63, 3.8) is 0 Å². The van der Waals surface area contributed by atoms with E-state index in [1.165, 1.54) is 32.5 Å². The van der Waals surface area contributed by atoms with E-state index in [1.54, 1.807) is 33.3 Å². The Morgan fingerprint density at radius 1 is 0.892 bits per heavy atom. The van der Waals surface area contributed by atoms with E-state index >= 15 is 0 Å². The number of ether oxygens (including phenoxy) is 2. The van der Waals surface area contributed by atoms with Gasteiger partial charge in [0.2, 0.25) is 0 Å². The van der Waals surface area contributed by atoms with Crippen molar-refractivity contribution in [2.45, 2.75) is 32.7 Å². The quantitative estimate of drug-likeness (QED) is 0.147. The van der Waals surface area contributed by atoms with Gasteiger partial charge in [0.15, 0.2) is 0 Å². The number of anilines is 2. The fourth-order valence-corrected chi connectivity index (χ4v) is 4.03. The molecule has 37 heavy (non-hydrogen) atoms. The van der Waals surface area contributed by atoms with E-state index in [-0.39, 0.29) is 48.8 Å². The number of nitrogens with zero attached hydrogens (tertiary/aromatic N) is 2. The summed E-state index contributed by atoms with van der Waals surface area (Å²) in [5.74, 6) is -1.30. The number of alkyl halides is 4. The second kappa shape index (κ2) is 12.7. The molecule has 0 radical (unpaired) electrons. The summed E-state index contributed by atoms with van der Waals surface area (Å²) in [6, 6.07) is 6.44. The molecule has 1 heterocycles. The van der Waals surface area contributed by atoms with Crippen molar-refractivity contribution >= 4 is 45.9 Å². The molecule has 0 bridgehead atoms. The van der Waals surface area contributed by atoms with Crippen LogP contribution in [0, 0.1) is 3.57 Å². The molecule has 4 N–H and O–H groups in total. The zero-order valence-corrected chi connectivity index (χ0v) is 22.4. The summed E-state index contributed by atoms with van der Waals surface area (Å²) in [4.78, 5) is 22.9. The van der Waals surface area contributed by atoms with E-state index < -0.39 is 24.8 Å². The van der Waals surface area contributed by atoms with Crippen LogP contribution in [-0.4, -0.2) is 35.9 Å². The average molecular weight is 636 g/mol. The molecule has 0 amide bonds. The molecule has 3 aromatic rings. The van der Waals surface area contributed by atoms with E-state index in [4.69, 9.17) is 11.5 Å². The number of carbonyl (C=O) groups excluding carboxylic acids is 2. The van der Waals surface area contributed by atoms with E-state index in [9.17, 15) is 27.2 Å². The summed E-state index contributed by atoms with van der Waals surface area (Å²) >= 11 is 1.72. The van der Waals surface area contributed by atoms with Gasteiger partial charge in [-0.1, -0.05) is 0 Å².